The van der Waals surface area contributed by atoms with Crippen LogP contribution < -0.4 is 15.8 Å². The van der Waals surface area contributed by atoms with E-state index in [0.29, 0.717) is 12.1 Å². The molecule has 0 spiro atoms. The summed E-state index contributed by atoms with van der Waals surface area (Å²) >= 11 is 0. The molecule has 1 unspecified atom stereocenters. The fraction of sp³-hybridized carbons (Fsp3) is 0.391. The number of nitrogens with one attached hydrogen (secondary N) is 2. The van der Waals surface area contributed by atoms with Crippen LogP contribution in [0.3, 0.4) is 0 Å². The van der Waals surface area contributed by atoms with E-state index in [1.807, 2.05) is 36.4 Å². The monoisotopic (exact) mass is 446 g/mol. The highest BCUT2D eigenvalue weighted by atomic mass is 35.5. The second-order valence-electron chi connectivity index (χ2n) is 7.63. The molecular formula is C23H31ClN4O3. The van der Waals surface area contributed by atoms with E-state index in [2.05, 4.69) is 17.3 Å². The van der Waals surface area contributed by atoms with Crippen molar-refractivity contribution in [3.8, 4) is 5.75 Å². The van der Waals surface area contributed by atoms with E-state index in [4.69, 9.17) is 20.6 Å². The molecule has 2 aromatic rings. The Hall–Kier alpha value is -2.61. The van der Waals surface area contributed by atoms with Gasteiger partial charge in [0.2, 0.25) is 0 Å². The molecule has 1 saturated heterocycles. The number of methoxy groups -OCH3 is 1. The molecule has 1 amide bonds. The largest absolute Gasteiger partial charge is 0.490 e. The molecule has 0 aliphatic carbocycles. The molecular weight excluding hydrogens is 416 g/mol. The fourth-order valence-corrected chi connectivity index (χ4v) is 3.49. The lowest BCUT2D eigenvalue weighted by Gasteiger charge is -2.29. The standard InChI is InChI=1S/C23H30N4O3.ClH/c1-27-13-11-20(12-14-27)30-19-9-7-17(8-10-19)21(29-2)23(28)26-15-16-3-5-18(6-4-16)22(24)25;/h3-10,20-21H,11-15H2,1-2H3,(H3,24,25)(H,26,28);1H. The number of ether oxygens (including phenoxy) is 2. The topological polar surface area (TPSA) is 101 Å². The van der Waals surface area contributed by atoms with Crippen LogP contribution in [0.5, 0.6) is 5.75 Å². The van der Waals surface area contributed by atoms with Crippen LogP contribution in [0.2, 0.25) is 0 Å². The lowest BCUT2D eigenvalue weighted by Crippen LogP contribution is -2.35. The summed E-state index contributed by atoms with van der Waals surface area (Å²) in [5.74, 6) is 0.625. The van der Waals surface area contributed by atoms with Crippen LogP contribution in [-0.2, 0) is 16.1 Å². The van der Waals surface area contributed by atoms with E-state index in [1.165, 1.54) is 7.11 Å². The number of nitrogens with zero attached hydrogens (tertiary/aromatic N) is 1. The number of nitrogens with two attached hydrogens (primary N) is 1. The summed E-state index contributed by atoms with van der Waals surface area (Å²) in [7, 11) is 3.65. The van der Waals surface area contributed by atoms with Crippen molar-refractivity contribution in [1.29, 1.82) is 5.41 Å². The average Bonchev–Trinajstić information content (AvgIpc) is 2.76. The van der Waals surface area contributed by atoms with Crippen molar-refractivity contribution in [2.45, 2.75) is 31.6 Å². The van der Waals surface area contributed by atoms with Crippen LogP contribution in [0.15, 0.2) is 48.5 Å². The Bertz CT molecular complexity index is 850. The Morgan fingerprint density at radius 1 is 1.16 bits per heavy atom. The summed E-state index contributed by atoms with van der Waals surface area (Å²) in [6.45, 7) is 2.46. The SMILES string of the molecule is COC(C(=O)NCc1ccc(C(=N)N)cc1)c1ccc(OC2CCN(C)CC2)cc1.Cl. The van der Waals surface area contributed by atoms with Crippen molar-refractivity contribution in [2.75, 3.05) is 27.2 Å². The molecule has 1 aliphatic rings. The summed E-state index contributed by atoms with van der Waals surface area (Å²) in [6, 6.07) is 14.8. The van der Waals surface area contributed by atoms with Gasteiger partial charge in [0.15, 0.2) is 6.10 Å². The Balaban J connectivity index is 0.00000341. The lowest BCUT2D eigenvalue weighted by atomic mass is 10.1. The number of nitrogen functional groups attached to an aromatic ring is 1. The van der Waals surface area contributed by atoms with Gasteiger partial charge in [0.1, 0.15) is 17.7 Å². The van der Waals surface area contributed by atoms with Gasteiger partial charge in [-0.3, -0.25) is 10.2 Å². The number of piperidine rings is 1. The number of halogens is 1. The maximum absolute atomic E-state index is 12.6. The third kappa shape index (κ3) is 6.95. The highest BCUT2D eigenvalue weighted by Crippen LogP contribution is 2.23. The zero-order valence-electron chi connectivity index (χ0n) is 18.0. The zero-order chi connectivity index (χ0) is 21.5. The molecule has 0 aromatic heterocycles. The van der Waals surface area contributed by atoms with Crippen LogP contribution >= 0.6 is 12.4 Å². The van der Waals surface area contributed by atoms with Crippen molar-refractivity contribution >= 4 is 24.1 Å². The van der Waals surface area contributed by atoms with Gasteiger partial charge < -0.3 is 25.4 Å². The summed E-state index contributed by atoms with van der Waals surface area (Å²) < 4.78 is 11.5. The molecule has 3 rings (SSSR count). The first-order valence-corrected chi connectivity index (χ1v) is 10.1. The molecule has 1 heterocycles. The molecule has 0 bridgehead atoms. The molecule has 1 fully saturated rings. The third-order valence-corrected chi connectivity index (χ3v) is 5.36. The van der Waals surface area contributed by atoms with Gasteiger partial charge in [-0.15, -0.1) is 12.4 Å². The number of benzene rings is 2. The van der Waals surface area contributed by atoms with Gasteiger partial charge in [0, 0.05) is 32.3 Å². The highest BCUT2D eigenvalue weighted by Gasteiger charge is 2.21. The van der Waals surface area contributed by atoms with Gasteiger partial charge in [-0.2, -0.15) is 0 Å². The Morgan fingerprint density at radius 3 is 2.32 bits per heavy atom. The molecule has 1 atom stereocenters. The average molecular weight is 447 g/mol. The molecule has 0 saturated carbocycles. The first-order valence-electron chi connectivity index (χ1n) is 10.1. The van der Waals surface area contributed by atoms with Gasteiger partial charge in [-0.05, 0) is 43.1 Å². The highest BCUT2D eigenvalue weighted by molar-refractivity contribution is 5.94. The number of rotatable bonds is 8. The molecule has 7 nitrogen and oxygen atoms in total. The van der Waals surface area contributed by atoms with Gasteiger partial charge in [0.25, 0.3) is 5.91 Å². The first kappa shape index (κ1) is 24.7. The van der Waals surface area contributed by atoms with Crippen LogP contribution in [0.25, 0.3) is 0 Å². The zero-order valence-corrected chi connectivity index (χ0v) is 18.8. The summed E-state index contributed by atoms with van der Waals surface area (Å²) in [6.07, 6.45) is 1.59. The molecule has 8 heteroatoms. The van der Waals surface area contributed by atoms with E-state index in [1.54, 1.807) is 12.1 Å². The summed E-state index contributed by atoms with van der Waals surface area (Å²) in [5.41, 5.74) is 7.81. The minimum absolute atomic E-state index is 0. The minimum atomic E-state index is -0.695. The number of hydrogen-bond donors (Lipinski definition) is 3. The van der Waals surface area contributed by atoms with Crippen LogP contribution in [-0.4, -0.2) is 50.0 Å². The van der Waals surface area contributed by atoms with E-state index in [9.17, 15) is 4.79 Å². The van der Waals surface area contributed by atoms with Gasteiger partial charge in [-0.25, -0.2) is 0 Å². The van der Waals surface area contributed by atoms with E-state index in [0.717, 1.165) is 42.8 Å². The minimum Gasteiger partial charge on any atom is -0.490 e. The number of carbonyl (C=O) groups excluding carboxylic acids is 1. The smallest absolute Gasteiger partial charge is 0.254 e. The van der Waals surface area contributed by atoms with Gasteiger partial charge in [-0.1, -0.05) is 36.4 Å². The van der Waals surface area contributed by atoms with E-state index >= 15 is 0 Å². The van der Waals surface area contributed by atoms with Crippen LogP contribution in [0, 0.1) is 5.41 Å². The van der Waals surface area contributed by atoms with Crippen LogP contribution in [0.4, 0.5) is 0 Å². The number of amidine groups is 1. The van der Waals surface area contributed by atoms with Crippen molar-refractivity contribution in [1.82, 2.24) is 10.2 Å². The normalized spacial score (nSPS) is 15.5. The predicted molar refractivity (Wildman–Crippen MR) is 124 cm³/mol. The molecule has 2 aromatic carbocycles. The number of hydrogen-bond acceptors (Lipinski definition) is 5. The van der Waals surface area contributed by atoms with E-state index in [-0.39, 0.29) is 30.3 Å². The molecule has 4 N–H and O–H groups in total. The Morgan fingerprint density at radius 2 is 1.77 bits per heavy atom. The van der Waals surface area contributed by atoms with Gasteiger partial charge >= 0.3 is 0 Å². The quantitative estimate of drug-likeness (QED) is 0.427. The third-order valence-electron chi connectivity index (χ3n) is 5.36. The molecule has 31 heavy (non-hydrogen) atoms. The van der Waals surface area contributed by atoms with Crippen LogP contribution in [0.1, 0.15) is 35.6 Å². The lowest BCUT2D eigenvalue weighted by molar-refractivity contribution is -0.131. The first-order chi connectivity index (χ1) is 14.5. The van der Waals surface area contributed by atoms with Crippen molar-refractivity contribution < 1.29 is 14.3 Å². The van der Waals surface area contributed by atoms with Crippen molar-refractivity contribution in [2.24, 2.45) is 5.73 Å². The van der Waals surface area contributed by atoms with Crippen molar-refractivity contribution in [3.05, 3.63) is 65.2 Å². The maximum Gasteiger partial charge on any atom is 0.254 e. The molecule has 1 aliphatic heterocycles. The molecule has 0 radical (unpaired) electrons. The summed E-state index contributed by atoms with van der Waals surface area (Å²) in [5, 5.41) is 10.3. The van der Waals surface area contributed by atoms with Crippen molar-refractivity contribution in [3.63, 3.8) is 0 Å². The van der Waals surface area contributed by atoms with E-state index < -0.39 is 6.10 Å². The Labute approximate surface area is 189 Å². The fourth-order valence-electron chi connectivity index (χ4n) is 3.49. The summed E-state index contributed by atoms with van der Waals surface area (Å²) in [4.78, 5) is 14.9. The number of likely N-dealkylation sites (tertiary alicyclic amines) is 1. The van der Waals surface area contributed by atoms with Gasteiger partial charge in [0.05, 0.1) is 0 Å². The Kier molecular flexibility index (Phi) is 9.30. The predicted octanol–water partition coefficient (Wildman–Crippen LogP) is 2.87. The molecule has 168 valence electrons. The maximum atomic E-state index is 12.6. The second kappa shape index (κ2) is 11.7. The second-order valence-corrected chi connectivity index (χ2v) is 7.63. The number of amides is 1. The number of carbonyl (C=O) groups is 1.